The van der Waals surface area contributed by atoms with E-state index < -0.39 is 0 Å². The Morgan fingerprint density at radius 1 is 1.30 bits per heavy atom. The average Bonchev–Trinajstić information content (AvgIpc) is 2.37. The first kappa shape index (κ1) is 14.7. The average molecular weight is 279 g/mol. The van der Waals surface area contributed by atoms with Crippen molar-refractivity contribution in [2.24, 2.45) is 0 Å². The first-order valence-corrected chi connectivity index (χ1v) is 6.91. The maximum Gasteiger partial charge on any atom is 0.325 e. The third-order valence-electron chi connectivity index (χ3n) is 3.26. The van der Waals surface area contributed by atoms with Gasteiger partial charge in [0.1, 0.15) is 18.4 Å². The summed E-state index contributed by atoms with van der Waals surface area (Å²) in [6.07, 6.45) is 1.68. The number of hydrogen-bond donors (Lipinski definition) is 2. The topological polar surface area (TPSA) is 67.8 Å². The van der Waals surface area contributed by atoms with Crippen LogP contribution in [-0.4, -0.2) is 35.9 Å². The number of phenolic OH excluding ortho intramolecular Hbond substituents is 1. The molecule has 1 aromatic carbocycles. The fraction of sp³-hybridized carbons (Fsp3) is 0.533. The number of esters is 1. The van der Waals surface area contributed by atoms with E-state index in [4.69, 9.17) is 14.6 Å². The van der Waals surface area contributed by atoms with Gasteiger partial charge >= 0.3 is 5.97 Å². The van der Waals surface area contributed by atoms with Crippen LogP contribution in [0, 0.1) is 0 Å². The highest BCUT2D eigenvalue weighted by Gasteiger charge is 2.26. The van der Waals surface area contributed by atoms with Gasteiger partial charge in [0.15, 0.2) is 0 Å². The summed E-state index contributed by atoms with van der Waals surface area (Å²) in [5, 5.41) is 12.1. The quantitative estimate of drug-likeness (QED) is 0.654. The van der Waals surface area contributed by atoms with Gasteiger partial charge in [0, 0.05) is 18.5 Å². The van der Waals surface area contributed by atoms with Crippen molar-refractivity contribution in [1.29, 1.82) is 0 Å². The number of anilines is 1. The number of nitrogens with one attached hydrogen (secondary N) is 1. The molecule has 1 saturated heterocycles. The monoisotopic (exact) mass is 279 g/mol. The minimum Gasteiger partial charge on any atom is -0.508 e. The van der Waals surface area contributed by atoms with Crippen LogP contribution in [0.25, 0.3) is 0 Å². The first-order valence-electron chi connectivity index (χ1n) is 6.91. The molecule has 1 aliphatic rings. The third kappa shape index (κ3) is 4.42. The van der Waals surface area contributed by atoms with E-state index in [2.05, 4.69) is 5.32 Å². The molecule has 5 heteroatoms. The van der Waals surface area contributed by atoms with Crippen molar-refractivity contribution < 1.29 is 19.4 Å². The predicted octanol–water partition coefficient (Wildman–Crippen LogP) is 2.30. The molecule has 110 valence electrons. The normalized spacial score (nSPS) is 26.0. The number of carbonyl (C=O) groups is 1. The molecule has 0 amide bonds. The minimum absolute atomic E-state index is 0.0668. The standard InChI is InChI=1S/C15H21NO4/c1-10-7-14(8-11(2)19-10)20-15(18)9-16-12-3-5-13(17)6-4-12/h3-6,10-11,14,16-17H,7-9H2,1-2H3. The SMILES string of the molecule is CC1CC(OC(=O)CNc2ccc(O)cc2)CC(C)O1. The van der Waals surface area contributed by atoms with Crippen LogP contribution in [0.2, 0.25) is 0 Å². The Balaban J connectivity index is 1.76. The van der Waals surface area contributed by atoms with Crippen LogP contribution in [0.3, 0.4) is 0 Å². The van der Waals surface area contributed by atoms with Crippen molar-refractivity contribution in [1.82, 2.24) is 0 Å². The number of phenols is 1. The minimum atomic E-state index is -0.274. The molecule has 0 saturated carbocycles. The Morgan fingerprint density at radius 3 is 2.50 bits per heavy atom. The highest BCUT2D eigenvalue weighted by molar-refractivity contribution is 5.75. The maximum atomic E-state index is 11.8. The number of hydrogen-bond acceptors (Lipinski definition) is 5. The number of benzene rings is 1. The lowest BCUT2D eigenvalue weighted by Crippen LogP contribution is -2.36. The van der Waals surface area contributed by atoms with Crippen LogP contribution in [0.1, 0.15) is 26.7 Å². The lowest BCUT2D eigenvalue weighted by atomic mass is 10.0. The zero-order chi connectivity index (χ0) is 14.5. The van der Waals surface area contributed by atoms with Crippen LogP contribution in [0.5, 0.6) is 5.75 Å². The number of aromatic hydroxyl groups is 1. The Bertz CT molecular complexity index is 436. The van der Waals surface area contributed by atoms with E-state index in [9.17, 15) is 4.79 Å². The summed E-state index contributed by atoms with van der Waals surface area (Å²) in [6.45, 7) is 4.10. The molecule has 1 aromatic rings. The summed E-state index contributed by atoms with van der Waals surface area (Å²) in [4.78, 5) is 11.8. The number of ether oxygens (including phenoxy) is 2. The first-order chi connectivity index (χ1) is 9.52. The van der Waals surface area contributed by atoms with E-state index in [-0.39, 0.29) is 36.6 Å². The van der Waals surface area contributed by atoms with E-state index in [1.807, 2.05) is 13.8 Å². The fourth-order valence-corrected chi connectivity index (χ4v) is 2.42. The van der Waals surface area contributed by atoms with Crippen LogP contribution in [0.15, 0.2) is 24.3 Å². The highest BCUT2D eigenvalue weighted by atomic mass is 16.6. The van der Waals surface area contributed by atoms with E-state index >= 15 is 0 Å². The summed E-state index contributed by atoms with van der Waals surface area (Å²) in [7, 11) is 0. The van der Waals surface area contributed by atoms with Gasteiger partial charge in [0.2, 0.25) is 0 Å². The van der Waals surface area contributed by atoms with Crippen LogP contribution in [-0.2, 0) is 14.3 Å². The van der Waals surface area contributed by atoms with E-state index in [0.29, 0.717) is 0 Å². The summed E-state index contributed by atoms with van der Waals surface area (Å²) in [6, 6.07) is 6.55. The van der Waals surface area contributed by atoms with Crippen molar-refractivity contribution in [3.63, 3.8) is 0 Å². The van der Waals surface area contributed by atoms with Crippen LogP contribution >= 0.6 is 0 Å². The second kappa shape index (κ2) is 6.61. The molecule has 2 atom stereocenters. The van der Waals surface area contributed by atoms with E-state index in [1.54, 1.807) is 24.3 Å². The van der Waals surface area contributed by atoms with Gasteiger partial charge in [-0.15, -0.1) is 0 Å². The van der Waals surface area contributed by atoms with Gasteiger partial charge in [-0.25, -0.2) is 0 Å². The van der Waals surface area contributed by atoms with Gasteiger partial charge < -0.3 is 19.9 Å². The molecule has 0 radical (unpaired) electrons. The second-order valence-corrected chi connectivity index (χ2v) is 5.24. The molecule has 1 aliphatic heterocycles. The summed E-state index contributed by atoms with van der Waals surface area (Å²) < 4.78 is 11.1. The van der Waals surface area contributed by atoms with E-state index in [0.717, 1.165) is 18.5 Å². The van der Waals surface area contributed by atoms with Gasteiger partial charge in [-0.2, -0.15) is 0 Å². The molecule has 0 bridgehead atoms. The van der Waals surface area contributed by atoms with Crippen molar-refractivity contribution in [2.75, 3.05) is 11.9 Å². The Hall–Kier alpha value is -1.75. The predicted molar refractivity (Wildman–Crippen MR) is 75.7 cm³/mol. The molecule has 20 heavy (non-hydrogen) atoms. The molecule has 0 aromatic heterocycles. The molecule has 0 aliphatic carbocycles. The molecular weight excluding hydrogens is 258 g/mol. The van der Waals surface area contributed by atoms with E-state index in [1.165, 1.54) is 0 Å². The van der Waals surface area contributed by atoms with Crippen molar-refractivity contribution >= 4 is 11.7 Å². The zero-order valence-electron chi connectivity index (χ0n) is 11.8. The number of rotatable bonds is 4. The van der Waals surface area contributed by atoms with Crippen molar-refractivity contribution in [2.45, 2.75) is 45.0 Å². The van der Waals surface area contributed by atoms with Gasteiger partial charge in [-0.1, -0.05) is 0 Å². The maximum absolute atomic E-state index is 11.8. The lowest BCUT2D eigenvalue weighted by Gasteiger charge is -2.31. The Kier molecular flexibility index (Phi) is 4.84. The molecule has 2 N–H and O–H groups in total. The fourth-order valence-electron chi connectivity index (χ4n) is 2.42. The molecule has 5 nitrogen and oxygen atoms in total. The van der Waals surface area contributed by atoms with Crippen molar-refractivity contribution in [3.8, 4) is 5.75 Å². The van der Waals surface area contributed by atoms with Gasteiger partial charge in [0.05, 0.1) is 12.2 Å². The lowest BCUT2D eigenvalue weighted by molar-refractivity contribution is -0.157. The van der Waals surface area contributed by atoms with Crippen molar-refractivity contribution in [3.05, 3.63) is 24.3 Å². The summed E-state index contributed by atoms with van der Waals surface area (Å²) in [5.74, 6) is -0.0762. The second-order valence-electron chi connectivity index (χ2n) is 5.24. The molecule has 2 rings (SSSR count). The number of carbonyl (C=O) groups excluding carboxylic acids is 1. The highest BCUT2D eigenvalue weighted by Crippen LogP contribution is 2.21. The molecule has 1 heterocycles. The zero-order valence-corrected chi connectivity index (χ0v) is 11.8. The summed E-state index contributed by atoms with van der Waals surface area (Å²) in [5.41, 5.74) is 0.772. The third-order valence-corrected chi connectivity index (χ3v) is 3.26. The van der Waals surface area contributed by atoms with Gasteiger partial charge in [0.25, 0.3) is 0 Å². The van der Waals surface area contributed by atoms with Gasteiger partial charge in [-0.05, 0) is 38.1 Å². The molecule has 2 unspecified atom stereocenters. The molecule has 0 spiro atoms. The van der Waals surface area contributed by atoms with Gasteiger partial charge in [-0.3, -0.25) is 4.79 Å². The largest absolute Gasteiger partial charge is 0.508 e. The smallest absolute Gasteiger partial charge is 0.325 e. The molecule has 1 fully saturated rings. The Morgan fingerprint density at radius 2 is 1.90 bits per heavy atom. The summed E-state index contributed by atoms with van der Waals surface area (Å²) >= 11 is 0. The molecular formula is C15H21NO4. The Labute approximate surface area is 118 Å². The van der Waals surface area contributed by atoms with Crippen LogP contribution < -0.4 is 5.32 Å². The van der Waals surface area contributed by atoms with Crippen LogP contribution in [0.4, 0.5) is 5.69 Å².